The van der Waals surface area contributed by atoms with Crippen molar-refractivity contribution in [3.63, 3.8) is 0 Å². The van der Waals surface area contributed by atoms with Crippen molar-refractivity contribution in [2.75, 3.05) is 21.1 Å². The molecule has 0 aliphatic carbocycles. The van der Waals surface area contributed by atoms with Gasteiger partial charge in [-0.1, -0.05) is 0 Å². The van der Waals surface area contributed by atoms with Crippen molar-refractivity contribution in [1.29, 1.82) is 0 Å². The molecule has 1 aliphatic rings. The molecule has 1 heterocycles. The van der Waals surface area contributed by atoms with E-state index in [1.807, 2.05) is 0 Å². The van der Waals surface area contributed by atoms with Crippen molar-refractivity contribution >= 4 is 17.7 Å². The predicted octanol–water partition coefficient (Wildman–Crippen LogP) is -0.800. The molecule has 1 N–H and O–H groups in total. The van der Waals surface area contributed by atoms with Gasteiger partial charge in [-0.25, -0.2) is 0 Å². The van der Waals surface area contributed by atoms with Gasteiger partial charge in [-0.3, -0.25) is 24.6 Å². The third-order valence-corrected chi connectivity index (χ3v) is 2.91. The summed E-state index contributed by atoms with van der Waals surface area (Å²) in [5.41, 5.74) is 0. The van der Waals surface area contributed by atoms with E-state index in [1.165, 1.54) is 11.9 Å². The zero-order valence-corrected chi connectivity index (χ0v) is 10.7. The summed E-state index contributed by atoms with van der Waals surface area (Å²) in [6, 6.07) is -0.878. The fourth-order valence-electron chi connectivity index (χ4n) is 1.83. The van der Waals surface area contributed by atoms with Gasteiger partial charge >= 0.3 is 0 Å². The van der Waals surface area contributed by atoms with Gasteiger partial charge in [0.2, 0.25) is 17.7 Å². The van der Waals surface area contributed by atoms with Crippen LogP contribution in [0.2, 0.25) is 0 Å². The number of carbonyl (C=O) groups is 3. The number of piperidine rings is 1. The highest BCUT2D eigenvalue weighted by Crippen LogP contribution is 2.12. The molecule has 3 amide bonds. The quantitative estimate of drug-likeness (QED) is 0.657. The summed E-state index contributed by atoms with van der Waals surface area (Å²) < 4.78 is 0. The number of rotatable bonds is 3. The zero-order chi connectivity index (χ0) is 13.2. The van der Waals surface area contributed by atoms with Crippen molar-refractivity contribution in [3.8, 4) is 0 Å². The summed E-state index contributed by atoms with van der Waals surface area (Å²) in [4.78, 5) is 37.3. The second-order valence-electron chi connectivity index (χ2n) is 4.50. The average Bonchev–Trinajstić information content (AvgIpc) is 2.28. The number of carbonyl (C=O) groups excluding carboxylic acids is 3. The van der Waals surface area contributed by atoms with Gasteiger partial charge < -0.3 is 4.90 Å². The van der Waals surface area contributed by atoms with E-state index in [2.05, 4.69) is 5.32 Å². The maximum absolute atomic E-state index is 11.8. The summed E-state index contributed by atoms with van der Waals surface area (Å²) in [5.74, 6) is -0.517. The van der Waals surface area contributed by atoms with E-state index in [4.69, 9.17) is 0 Å². The summed E-state index contributed by atoms with van der Waals surface area (Å²) in [6.07, 6.45) is 0.788. The van der Waals surface area contributed by atoms with Crippen molar-refractivity contribution in [2.45, 2.75) is 31.8 Å². The van der Waals surface area contributed by atoms with Crippen LogP contribution in [-0.2, 0) is 14.4 Å². The first-order valence-electron chi connectivity index (χ1n) is 5.62. The zero-order valence-electron chi connectivity index (χ0n) is 10.7. The summed E-state index contributed by atoms with van der Waals surface area (Å²) in [5, 5.41) is 2.97. The molecule has 6 heteroatoms. The fraction of sp³-hybridized carbons (Fsp3) is 0.727. The molecule has 1 aliphatic heterocycles. The second-order valence-corrected chi connectivity index (χ2v) is 4.50. The van der Waals surface area contributed by atoms with Crippen LogP contribution in [0.1, 0.15) is 19.8 Å². The number of hydrogen-bond acceptors (Lipinski definition) is 4. The Morgan fingerprint density at radius 1 is 1.47 bits per heavy atom. The highest BCUT2D eigenvalue weighted by Gasteiger charge is 2.33. The molecule has 1 saturated heterocycles. The van der Waals surface area contributed by atoms with E-state index < -0.39 is 12.1 Å². The lowest BCUT2D eigenvalue weighted by Gasteiger charge is -2.30. The van der Waals surface area contributed by atoms with Gasteiger partial charge in [-0.2, -0.15) is 0 Å². The molecule has 0 spiro atoms. The standard InChI is InChI=1S/C11H19N3O3/c1-7(10(16)13(2)3)12-8-5-6-9(15)14(4)11(8)17/h7-8,12H,5-6H2,1-4H3. The molecule has 6 nitrogen and oxygen atoms in total. The molecular formula is C11H19N3O3. The van der Waals surface area contributed by atoms with Crippen LogP contribution in [0.3, 0.4) is 0 Å². The lowest BCUT2D eigenvalue weighted by molar-refractivity contribution is -0.148. The maximum atomic E-state index is 11.8. The van der Waals surface area contributed by atoms with E-state index in [9.17, 15) is 14.4 Å². The number of imide groups is 1. The van der Waals surface area contributed by atoms with Crippen molar-refractivity contribution in [1.82, 2.24) is 15.1 Å². The first-order valence-corrected chi connectivity index (χ1v) is 5.62. The van der Waals surface area contributed by atoms with Gasteiger partial charge in [0.05, 0.1) is 12.1 Å². The molecule has 0 aromatic heterocycles. The summed E-state index contributed by atoms with van der Waals surface area (Å²) in [6.45, 7) is 1.71. The Morgan fingerprint density at radius 3 is 2.59 bits per heavy atom. The SMILES string of the molecule is CC(NC1CCC(=O)N(C)C1=O)C(=O)N(C)C. The number of amides is 3. The maximum Gasteiger partial charge on any atom is 0.246 e. The Balaban J connectivity index is 2.61. The minimum absolute atomic E-state index is 0.0858. The van der Waals surface area contributed by atoms with E-state index in [0.717, 1.165) is 4.90 Å². The summed E-state index contributed by atoms with van der Waals surface area (Å²) in [7, 11) is 4.80. The number of hydrogen-bond donors (Lipinski definition) is 1. The van der Waals surface area contributed by atoms with Crippen LogP contribution in [0, 0.1) is 0 Å². The molecule has 1 rings (SSSR count). The van der Waals surface area contributed by atoms with Gasteiger partial charge in [0.1, 0.15) is 0 Å². The van der Waals surface area contributed by atoms with Crippen LogP contribution in [0.25, 0.3) is 0 Å². The normalized spacial score (nSPS) is 22.6. The second kappa shape index (κ2) is 5.27. The lowest BCUT2D eigenvalue weighted by atomic mass is 10.0. The number of likely N-dealkylation sites (tertiary alicyclic amines) is 1. The van der Waals surface area contributed by atoms with Gasteiger partial charge in [-0.05, 0) is 13.3 Å². The monoisotopic (exact) mass is 241 g/mol. The van der Waals surface area contributed by atoms with E-state index in [0.29, 0.717) is 12.8 Å². The highest BCUT2D eigenvalue weighted by atomic mass is 16.2. The first kappa shape index (κ1) is 13.6. The fourth-order valence-corrected chi connectivity index (χ4v) is 1.83. The lowest BCUT2D eigenvalue weighted by Crippen LogP contribution is -2.56. The molecule has 96 valence electrons. The molecule has 1 fully saturated rings. The Labute approximate surface area is 101 Å². The van der Waals surface area contributed by atoms with Crippen LogP contribution < -0.4 is 5.32 Å². The molecule has 0 aromatic rings. The van der Waals surface area contributed by atoms with Crippen molar-refractivity contribution < 1.29 is 14.4 Å². The minimum Gasteiger partial charge on any atom is -0.347 e. The Morgan fingerprint density at radius 2 is 2.06 bits per heavy atom. The van der Waals surface area contributed by atoms with Crippen LogP contribution in [-0.4, -0.2) is 60.7 Å². The third kappa shape index (κ3) is 3.03. The van der Waals surface area contributed by atoms with Crippen LogP contribution in [0.5, 0.6) is 0 Å². The molecule has 2 unspecified atom stereocenters. The van der Waals surface area contributed by atoms with E-state index in [1.54, 1.807) is 21.0 Å². The Kier molecular flexibility index (Phi) is 4.22. The summed E-state index contributed by atoms with van der Waals surface area (Å²) >= 11 is 0. The van der Waals surface area contributed by atoms with Crippen LogP contribution in [0.15, 0.2) is 0 Å². The molecule has 0 saturated carbocycles. The van der Waals surface area contributed by atoms with E-state index >= 15 is 0 Å². The molecule has 17 heavy (non-hydrogen) atoms. The van der Waals surface area contributed by atoms with Gasteiger partial charge in [-0.15, -0.1) is 0 Å². The van der Waals surface area contributed by atoms with Crippen molar-refractivity contribution in [3.05, 3.63) is 0 Å². The topological polar surface area (TPSA) is 69.7 Å². The Hall–Kier alpha value is -1.43. The van der Waals surface area contributed by atoms with E-state index in [-0.39, 0.29) is 17.7 Å². The highest BCUT2D eigenvalue weighted by molar-refractivity contribution is 6.00. The number of nitrogens with zero attached hydrogens (tertiary/aromatic N) is 2. The number of likely N-dealkylation sites (N-methyl/N-ethyl adjacent to an activating group) is 2. The molecular weight excluding hydrogens is 222 g/mol. The average molecular weight is 241 g/mol. The number of nitrogens with one attached hydrogen (secondary N) is 1. The molecule has 0 aromatic carbocycles. The van der Waals surface area contributed by atoms with Gasteiger partial charge in [0.15, 0.2) is 0 Å². The van der Waals surface area contributed by atoms with Crippen molar-refractivity contribution in [2.24, 2.45) is 0 Å². The Bertz CT molecular complexity index is 341. The first-order chi connectivity index (χ1) is 7.84. The molecule has 2 atom stereocenters. The van der Waals surface area contributed by atoms with Crippen LogP contribution in [0.4, 0.5) is 0 Å². The van der Waals surface area contributed by atoms with Gasteiger partial charge in [0.25, 0.3) is 0 Å². The molecule has 0 radical (unpaired) electrons. The predicted molar refractivity (Wildman–Crippen MR) is 62.1 cm³/mol. The van der Waals surface area contributed by atoms with Crippen LogP contribution >= 0.6 is 0 Å². The largest absolute Gasteiger partial charge is 0.347 e. The van der Waals surface area contributed by atoms with Gasteiger partial charge in [0, 0.05) is 27.6 Å². The third-order valence-electron chi connectivity index (χ3n) is 2.91. The molecule has 0 bridgehead atoms. The smallest absolute Gasteiger partial charge is 0.246 e. The minimum atomic E-state index is -0.448.